The second kappa shape index (κ2) is 12.7. The number of carbonyl (C=O) groups excluding carboxylic acids is 3. The number of benzene rings is 3. The average molecular weight is 656 g/mol. The Morgan fingerprint density at radius 3 is 2.20 bits per heavy atom. The van der Waals surface area contributed by atoms with Gasteiger partial charge in [0.1, 0.15) is 6.04 Å². The van der Waals surface area contributed by atoms with Gasteiger partial charge in [-0.3, -0.25) is 14.4 Å². The first kappa shape index (κ1) is 32.1. The van der Waals surface area contributed by atoms with Crippen LogP contribution in [0.2, 0.25) is 5.02 Å². The van der Waals surface area contributed by atoms with Crippen LogP contribution in [0, 0.1) is 11.8 Å². The Bertz CT molecular complexity index is 1650. The first-order chi connectivity index (χ1) is 22.2. The fourth-order valence-corrected chi connectivity index (χ4v) is 10.4. The summed E-state index contributed by atoms with van der Waals surface area (Å²) < 4.78 is -1.48. The molecule has 3 aliphatic rings. The molecule has 9 heteroatoms. The molecule has 7 nitrogen and oxygen atoms in total. The Balaban J connectivity index is 1.51. The van der Waals surface area contributed by atoms with E-state index in [1.165, 1.54) is 0 Å². The summed E-state index contributed by atoms with van der Waals surface area (Å²) in [5, 5.41) is 11.3. The Kier molecular flexibility index (Phi) is 8.89. The lowest BCUT2D eigenvalue weighted by atomic mass is 9.66. The van der Waals surface area contributed by atoms with E-state index in [2.05, 4.69) is 20.1 Å². The number of halogens is 1. The standard InChI is InChI=1S/C37H38ClN3O4S/c1-4-22-39(26-16-10-7-11-17-26)33(43)30-31-34(44)41(29(24-42)25-14-8-6-9-15-25)32(37(31)21-20-36(30,3)46-37)35(45)40(23-5-2)28-19-13-12-18-27(28)38/h4-19,29-32,42H,1-2,20-24H2,3H3/t29-,30-,31+,32?,36+,37?/m1/s1. The molecule has 0 saturated carbocycles. The van der Waals surface area contributed by atoms with Gasteiger partial charge in [-0.2, -0.15) is 0 Å². The van der Waals surface area contributed by atoms with Crippen molar-refractivity contribution in [3.8, 4) is 0 Å². The summed E-state index contributed by atoms with van der Waals surface area (Å²) in [4.78, 5) is 49.7. The zero-order valence-corrected chi connectivity index (χ0v) is 27.4. The fourth-order valence-electron chi connectivity index (χ4n) is 7.87. The van der Waals surface area contributed by atoms with Gasteiger partial charge < -0.3 is 19.8 Å². The Morgan fingerprint density at radius 1 is 0.957 bits per heavy atom. The first-order valence-corrected chi connectivity index (χ1v) is 16.7. The zero-order valence-electron chi connectivity index (χ0n) is 25.8. The molecule has 3 aliphatic heterocycles. The van der Waals surface area contributed by atoms with E-state index in [9.17, 15) is 9.90 Å². The predicted molar refractivity (Wildman–Crippen MR) is 185 cm³/mol. The molecule has 6 atom stereocenters. The third-order valence-electron chi connectivity index (χ3n) is 9.77. The topological polar surface area (TPSA) is 81.2 Å². The van der Waals surface area contributed by atoms with Crippen LogP contribution in [-0.2, 0) is 14.4 Å². The Labute approximate surface area is 279 Å². The van der Waals surface area contributed by atoms with Gasteiger partial charge in [-0.05, 0) is 49.6 Å². The average Bonchev–Trinajstić information content (AvgIpc) is 3.64. The summed E-state index contributed by atoms with van der Waals surface area (Å²) in [6.07, 6.45) is 4.56. The number of carbonyl (C=O) groups is 3. The van der Waals surface area contributed by atoms with Gasteiger partial charge in [-0.15, -0.1) is 24.9 Å². The molecule has 238 valence electrons. The highest BCUT2D eigenvalue weighted by Crippen LogP contribution is 2.72. The van der Waals surface area contributed by atoms with E-state index < -0.39 is 33.4 Å². The number of hydrogen-bond acceptors (Lipinski definition) is 5. The Morgan fingerprint density at radius 2 is 1.57 bits per heavy atom. The van der Waals surface area contributed by atoms with Crippen molar-refractivity contribution in [2.45, 2.75) is 41.3 Å². The molecule has 0 aliphatic carbocycles. The number of para-hydroxylation sites is 2. The molecule has 3 fully saturated rings. The van der Waals surface area contributed by atoms with Crippen LogP contribution in [0.1, 0.15) is 31.4 Å². The molecule has 0 aromatic heterocycles. The molecule has 3 aromatic carbocycles. The van der Waals surface area contributed by atoms with Crippen molar-refractivity contribution < 1.29 is 19.5 Å². The summed E-state index contributed by atoms with van der Waals surface area (Å²) in [7, 11) is 0. The van der Waals surface area contributed by atoms with E-state index >= 15 is 9.59 Å². The molecular weight excluding hydrogens is 618 g/mol. The van der Waals surface area contributed by atoms with Crippen molar-refractivity contribution >= 4 is 52.5 Å². The number of fused-ring (bicyclic) bond motifs is 1. The minimum Gasteiger partial charge on any atom is -0.394 e. The van der Waals surface area contributed by atoms with Gasteiger partial charge in [0, 0.05) is 23.5 Å². The van der Waals surface area contributed by atoms with Crippen LogP contribution >= 0.6 is 23.4 Å². The lowest BCUT2D eigenvalue weighted by Crippen LogP contribution is -2.56. The van der Waals surface area contributed by atoms with Gasteiger partial charge in [-0.25, -0.2) is 0 Å². The smallest absolute Gasteiger partial charge is 0.251 e. The number of nitrogens with zero attached hydrogens (tertiary/aromatic N) is 3. The van der Waals surface area contributed by atoms with Crippen LogP contribution in [-0.4, -0.2) is 63.0 Å². The fraction of sp³-hybridized carbons (Fsp3) is 0.324. The van der Waals surface area contributed by atoms with Gasteiger partial charge in [0.15, 0.2) is 0 Å². The lowest BCUT2D eigenvalue weighted by Gasteiger charge is -2.40. The third-order valence-corrected chi connectivity index (χ3v) is 12.1. The molecule has 3 saturated heterocycles. The summed E-state index contributed by atoms with van der Waals surface area (Å²) in [6.45, 7) is 9.92. The largest absolute Gasteiger partial charge is 0.394 e. The van der Waals surface area contributed by atoms with E-state index in [4.69, 9.17) is 11.6 Å². The maximum absolute atomic E-state index is 15.1. The van der Waals surface area contributed by atoms with Crippen molar-refractivity contribution in [3.05, 3.63) is 121 Å². The summed E-state index contributed by atoms with van der Waals surface area (Å²) >= 11 is 8.24. The van der Waals surface area contributed by atoms with Crippen LogP contribution in [0.15, 0.2) is 110 Å². The van der Waals surface area contributed by atoms with E-state index in [0.29, 0.717) is 29.1 Å². The molecule has 1 spiro atoms. The normalized spacial score (nSPS) is 26.8. The van der Waals surface area contributed by atoms with Crippen LogP contribution in [0.4, 0.5) is 11.4 Å². The summed E-state index contributed by atoms with van der Waals surface area (Å²) in [5.41, 5.74) is 1.95. The SMILES string of the molecule is C=CCN(C(=O)[C@H]1[C@H]2C(=O)N([C@H](CO)c3ccccc3)C(C(=O)N(CC=C)c3ccccc3Cl)C23CC[C@]1(C)S3)c1ccccc1. The van der Waals surface area contributed by atoms with Crippen LogP contribution in [0.5, 0.6) is 0 Å². The van der Waals surface area contributed by atoms with E-state index in [0.717, 1.165) is 5.69 Å². The first-order valence-electron chi connectivity index (χ1n) is 15.5. The van der Waals surface area contributed by atoms with Crippen molar-refractivity contribution in [2.24, 2.45) is 11.8 Å². The molecule has 6 rings (SSSR count). The van der Waals surface area contributed by atoms with Gasteiger partial charge in [0.25, 0.3) is 5.91 Å². The predicted octanol–water partition coefficient (Wildman–Crippen LogP) is 6.29. The number of hydrogen-bond donors (Lipinski definition) is 1. The molecule has 3 amide bonds. The van der Waals surface area contributed by atoms with Crippen LogP contribution in [0.3, 0.4) is 0 Å². The molecule has 1 N–H and O–H groups in total. The molecular formula is C37H38ClN3O4S. The summed E-state index contributed by atoms with van der Waals surface area (Å²) in [6, 6.07) is 24.0. The summed E-state index contributed by atoms with van der Waals surface area (Å²) in [5.74, 6) is -2.23. The Hall–Kier alpha value is -3.85. The van der Waals surface area contributed by atoms with E-state index in [1.807, 2.05) is 66.7 Å². The monoisotopic (exact) mass is 655 g/mol. The van der Waals surface area contributed by atoms with Gasteiger partial charge in [0.2, 0.25) is 11.8 Å². The van der Waals surface area contributed by atoms with Gasteiger partial charge in [0.05, 0.1) is 39.9 Å². The minimum atomic E-state index is -0.965. The number of thioether (sulfide) groups is 1. The number of amides is 3. The number of anilines is 2. The number of likely N-dealkylation sites (tertiary alicyclic amines) is 1. The zero-order chi connectivity index (χ0) is 32.6. The van der Waals surface area contributed by atoms with Crippen molar-refractivity contribution in [1.29, 1.82) is 0 Å². The van der Waals surface area contributed by atoms with Crippen molar-refractivity contribution in [3.63, 3.8) is 0 Å². The van der Waals surface area contributed by atoms with Crippen molar-refractivity contribution in [1.82, 2.24) is 4.90 Å². The number of rotatable bonds is 11. The second-order valence-electron chi connectivity index (χ2n) is 12.3. The lowest BCUT2D eigenvalue weighted by molar-refractivity contribution is -0.142. The molecule has 2 unspecified atom stereocenters. The number of aliphatic hydroxyl groups excluding tert-OH is 1. The minimum absolute atomic E-state index is 0.164. The molecule has 3 heterocycles. The van der Waals surface area contributed by atoms with E-state index in [1.54, 1.807) is 56.8 Å². The second-order valence-corrected chi connectivity index (χ2v) is 14.6. The quantitative estimate of drug-likeness (QED) is 0.246. The maximum Gasteiger partial charge on any atom is 0.251 e. The molecule has 3 aromatic rings. The van der Waals surface area contributed by atoms with Crippen LogP contribution in [0.25, 0.3) is 0 Å². The highest BCUT2D eigenvalue weighted by Gasteiger charge is 2.78. The third kappa shape index (κ3) is 5.07. The van der Waals surface area contributed by atoms with Gasteiger partial charge in [-0.1, -0.05) is 84.4 Å². The highest BCUT2D eigenvalue weighted by molar-refractivity contribution is 8.02. The highest BCUT2D eigenvalue weighted by atomic mass is 35.5. The van der Waals surface area contributed by atoms with Gasteiger partial charge >= 0.3 is 0 Å². The van der Waals surface area contributed by atoms with E-state index in [-0.39, 0.29) is 37.4 Å². The number of aliphatic hydroxyl groups is 1. The van der Waals surface area contributed by atoms with Crippen LogP contribution < -0.4 is 9.80 Å². The maximum atomic E-state index is 15.1. The molecule has 0 radical (unpaired) electrons. The molecule has 2 bridgehead atoms. The molecule has 46 heavy (non-hydrogen) atoms. The van der Waals surface area contributed by atoms with Crippen molar-refractivity contribution in [2.75, 3.05) is 29.5 Å².